The smallest absolute Gasteiger partial charge is 0.229 e. The van der Waals surface area contributed by atoms with Crippen molar-refractivity contribution in [2.45, 2.75) is 13.0 Å². The molecule has 6 nitrogen and oxygen atoms in total. The van der Waals surface area contributed by atoms with Crippen molar-refractivity contribution in [1.82, 2.24) is 9.97 Å². The minimum atomic E-state index is -0.614. The second kappa shape index (κ2) is 8.31. The Bertz CT molecular complexity index is 870. The maximum Gasteiger partial charge on any atom is 0.229 e. The molecule has 3 aromatic rings. The maximum absolute atomic E-state index is 10.4. The SMILES string of the molecule is COc1ccccc1Nc1nccc(NCC(O)c2ccccc2C)n1. The molecule has 0 saturated carbocycles. The Morgan fingerprint density at radius 3 is 2.65 bits per heavy atom. The summed E-state index contributed by atoms with van der Waals surface area (Å²) in [5.74, 6) is 1.79. The van der Waals surface area contributed by atoms with Crippen LogP contribution in [-0.4, -0.2) is 28.7 Å². The summed E-state index contributed by atoms with van der Waals surface area (Å²) in [5.41, 5.74) is 2.75. The first kappa shape index (κ1) is 17.7. The summed E-state index contributed by atoms with van der Waals surface area (Å²) in [6.45, 7) is 2.34. The Labute approximate surface area is 152 Å². The van der Waals surface area contributed by atoms with Gasteiger partial charge in [-0.1, -0.05) is 36.4 Å². The average Bonchev–Trinajstić information content (AvgIpc) is 2.67. The molecule has 0 aliphatic carbocycles. The van der Waals surface area contributed by atoms with Crippen molar-refractivity contribution in [2.24, 2.45) is 0 Å². The predicted molar refractivity (Wildman–Crippen MR) is 103 cm³/mol. The van der Waals surface area contributed by atoms with E-state index in [2.05, 4.69) is 20.6 Å². The minimum absolute atomic E-state index is 0.357. The van der Waals surface area contributed by atoms with Crippen LogP contribution in [0.25, 0.3) is 0 Å². The van der Waals surface area contributed by atoms with Gasteiger partial charge in [-0.2, -0.15) is 4.98 Å². The highest BCUT2D eigenvalue weighted by Gasteiger charge is 2.10. The number of rotatable bonds is 7. The van der Waals surface area contributed by atoms with E-state index in [-0.39, 0.29) is 0 Å². The van der Waals surface area contributed by atoms with Crippen molar-refractivity contribution in [3.05, 3.63) is 71.9 Å². The van der Waals surface area contributed by atoms with E-state index in [1.807, 2.05) is 55.5 Å². The highest BCUT2D eigenvalue weighted by Crippen LogP contribution is 2.25. The molecule has 1 aromatic heterocycles. The number of nitrogens with zero attached hydrogens (tertiary/aromatic N) is 2. The van der Waals surface area contributed by atoms with Crippen LogP contribution < -0.4 is 15.4 Å². The van der Waals surface area contributed by atoms with Crippen molar-refractivity contribution in [1.29, 1.82) is 0 Å². The molecule has 1 atom stereocenters. The van der Waals surface area contributed by atoms with E-state index in [0.29, 0.717) is 24.1 Å². The van der Waals surface area contributed by atoms with Crippen LogP contribution in [0.4, 0.5) is 17.5 Å². The fourth-order valence-electron chi connectivity index (χ4n) is 2.66. The fourth-order valence-corrected chi connectivity index (χ4v) is 2.66. The molecule has 0 saturated heterocycles. The lowest BCUT2D eigenvalue weighted by molar-refractivity contribution is 0.191. The number of anilines is 3. The van der Waals surface area contributed by atoms with Crippen LogP contribution in [0, 0.1) is 6.92 Å². The van der Waals surface area contributed by atoms with Crippen LogP contribution in [-0.2, 0) is 0 Å². The van der Waals surface area contributed by atoms with Crippen molar-refractivity contribution < 1.29 is 9.84 Å². The second-order valence-electron chi connectivity index (χ2n) is 5.84. The van der Waals surface area contributed by atoms with E-state index in [0.717, 1.165) is 16.8 Å². The topological polar surface area (TPSA) is 79.3 Å². The molecule has 1 unspecified atom stereocenters. The van der Waals surface area contributed by atoms with Gasteiger partial charge in [-0.25, -0.2) is 4.98 Å². The molecule has 0 bridgehead atoms. The Kier molecular flexibility index (Phi) is 5.66. The molecule has 0 amide bonds. The van der Waals surface area contributed by atoms with Crippen LogP contribution in [0.5, 0.6) is 5.75 Å². The van der Waals surface area contributed by atoms with Crippen molar-refractivity contribution in [3.63, 3.8) is 0 Å². The quantitative estimate of drug-likeness (QED) is 0.603. The van der Waals surface area contributed by atoms with Gasteiger partial charge >= 0.3 is 0 Å². The third kappa shape index (κ3) is 4.29. The zero-order valence-corrected chi connectivity index (χ0v) is 14.8. The average molecular weight is 350 g/mol. The summed E-state index contributed by atoms with van der Waals surface area (Å²) in [7, 11) is 1.62. The number of nitrogens with one attached hydrogen (secondary N) is 2. The van der Waals surface area contributed by atoms with Gasteiger partial charge in [0.05, 0.1) is 18.9 Å². The van der Waals surface area contributed by atoms with Crippen molar-refractivity contribution >= 4 is 17.5 Å². The summed E-state index contributed by atoms with van der Waals surface area (Å²) in [6.07, 6.45) is 1.05. The summed E-state index contributed by atoms with van der Waals surface area (Å²) in [5, 5.41) is 16.7. The molecule has 3 N–H and O–H groups in total. The van der Waals surface area contributed by atoms with Gasteiger partial charge in [-0.05, 0) is 36.2 Å². The molecule has 6 heteroatoms. The number of benzene rings is 2. The van der Waals surface area contributed by atoms with E-state index in [9.17, 15) is 5.11 Å². The molecule has 26 heavy (non-hydrogen) atoms. The number of hydrogen-bond acceptors (Lipinski definition) is 6. The Morgan fingerprint density at radius 2 is 1.85 bits per heavy atom. The predicted octanol–water partition coefficient (Wildman–Crippen LogP) is 3.68. The van der Waals surface area contributed by atoms with Crippen LogP contribution in [0.2, 0.25) is 0 Å². The first-order valence-corrected chi connectivity index (χ1v) is 8.38. The third-order valence-electron chi connectivity index (χ3n) is 4.03. The highest BCUT2D eigenvalue weighted by atomic mass is 16.5. The number of para-hydroxylation sites is 2. The number of ether oxygens (including phenoxy) is 1. The summed E-state index contributed by atoms with van der Waals surface area (Å²) >= 11 is 0. The molecule has 0 aliphatic rings. The van der Waals surface area contributed by atoms with E-state index in [1.54, 1.807) is 19.4 Å². The van der Waals surface area contributed by atoms with Gasteiger partial charge in [0.15, 0.2) is 0 Å². The van der Waals surface area contributed by atoms with Crippen LogP contribution in [0.15, 0.2) is 60.8 Å². The van der Waals surface area contributed by atoms with E-state index in [1.165, 1.54) is 0 Å². The summed E-state index contributed by atoms with van der Waals surface area (Å²) < 4.78 is 5.32. The molecule has 3 rings (SSSR count). The molecule has 0 radical (unpaired) electrons. The van der Waals surface area contributed by atoms with E-state index in [4.69, 9.17) is 4.74 Å². The lowest BCUT2D eigenvalue weighted by Crippen LogP contribution is -2.14. The van der Waals surface area contributed by atoms with Crippen LogP contribution in [0.1, 0.15) is 17.2 Å². The molecule has 0 aliphatic heterocycles. The number of aryl methyl sites for hydroxylation is 1. The number of aliphatic hydroxyl groups excluding tert-OH is 1. The highest BCUT2D eigenvalue weighted by molar-refractivity contribution is 5.62. The molecule has 134 valence electrons. The second-order valence-corrected chi connectivity index (χ2v) is 5.84. The Balaban J connectivity index is 1.67. The summed E-state index contributed by atoms with van der Waals surface area (Å²) in [4.78, 5) is 8.66. The largest absolute Gasteiger partial charge is 0.495 e. The maximum atomic E-state index is 10.4. The van der Waals surface area contributed by atoms with Gasteiger partial charge < -0.3 is 20.5 Å². The molecule has 0 fully saturated rings. The molecular formula is C20H22N4O2. The van der Waals surface area contributed by atoms with Gasteiger partial charge in [0.2, 0.25) is 5.95 Å². The first-order chi connectivity index (χ1) is 12.7. The van der Waals surface area contributed by atoms with Gasteiger partial charge in [-0.3, -0.25) is 0 Å². The third-order valence-corrected chi connectivity index (χ3v) is 4.03. The minimum Gasteiger partial charge on any atom is -0.495 e. The van der Waals surface area contributed by atoms with Gasteiger partial charge in [0.25, 0.3) is 0 Å². The zero-order valence-electron chi connectivity index (χ0n) is 14.8. The lowest BCUT2D eigenvalue weighted by atomic mass is 10.0. The van der Waals surface area contributed by atoms with Crippen molar-refractivity contribution in [3.8, 4) is 5.75 Å². The number of hydrogen-bond donors (Lipinski definition) is 3. The Hall–Kier alpha value is -3.12. The van der Waals surface area contributed by atoms with Crippen molar-refractivity contribution in [2.75, 3.05) is 24.3 Å². The van der Waals surface area contributed by atoms with E-state index < -0.39 is 6.10 Å². The lowest BCUT2D eigenvalue weighted by Gasteiger charge is -2.15. The number of aliphatic hydroxyl groups is 1. The first-order valence-electron chi connectivity index (χ1n) is 8.38. The molecule has 1 heterocycles. The van der Waals surface area contributed by atoms with Gasteiger partial charge in [0.1, 0.15) is 11.6 Å². The molecular weight excluding hydrogens is 328 g/mol. The van der Waals surface area contributed by atoms with Crippen LogP contribution >= 0.6 is 0 Å². The van der Waals surface area contributed by atoms with Gasteiger partial charge in [0, 0.05) is 12.7 Å². The normalized spacial score (nSPS) is 11.7. The fraction of sp³-hybridized carbons (Fsp3) is 0.200. The van der Waals surface area contributed by atoms with Crippen LogP contribution in [0.3, 0.4) is 0 Å². The Morgan fingerprint density at radius 1 is 1.08 bits per heavy atom. The van der Waals surface area contributed by atoms with E-state index >= 15 is 0 Å². The molecule has 0 spiro atoms. The number of methoxy groups -OCH3 is 1. The summed E-state index contributed by atoms with van der Waals surface area (Å²) in [6, 6.07) is 17.1. The zero-order chi connectivity index (χ0) is 18.4. The monoisotopic (exact) mass is 350 g/mol. The number of aromatic nitrogens is 2. The molecule has 2 aromatic carbocycles. The standard InChI is InChI=1S/C20H22N4O2/c1-14-7-3-4-8-15(14)17(25)13-22-19-11-12-21-20(24-19)23-16-9-5-6-10-18(16)26-2/h3-12,17,25H,13H2,1-2H3,(H2,21,22,23,24). The van der Waals surface area contributed by atoms with Gasteiger partial charge in [-0.15, -0.1) is 0 Å².